The smallest absolute Gasteiger partial charge is 0.327 e. The number of nitrogens with one attached hydrogen (secondary N) is 1. The van der Waals surface area contributed by atoms with Crippen molar-refractivity contribution in [3.63, 3.8) is 0 Å². The van der Waals surface area contributed by atoms with Gasteiger partial charge in [0, 0.05) is 25.2 Å². The topological polar surface area (TPSA) is 72.9 Å². The minimum atomic E-state index is -1.07. The lowest BCUT2D eigenvalue weighted by Crippen LogP contribution is -2.49. The zero-order valence-electron chi connectivity index (χ0n) is 15.6. The first-order chi connectivity index (χ1) is 13.0. The van der Waals surface area contributed by atoms with Gasteiger partial charge in [0.2, 0.25) is 0 Å². The first kappa shape index (κ1) is 19.6. The van der Waals surface area contributed by atoms with Gasteiger partial charge in [-0.1, -0.05) is 6.42 Å². The molecule has 2 aliphatic heterocycles. The molecule has 2 heterocycles. The molecule has 3 rings (SSSR count). The largest absolute Gasteiger partial charge is 0.480 e. The molecule has 2 fully saturated rings. The van der Waals surface area contributed by atoms with Crippen LogP contribution in [-0.2, 0) is 4.79 Å². The summed E-state index contributed by atoms with van der Waals surface area (Å²) in [5.41, 5.74) is 0.660. The summed E-state index contributed by atoms with van der Waals surface area (Å²) < 4.78 is 14.5. The van der Waals surface area contributed by atoms with E-state index in [4.69, 9.17) is 0 Å². The van der Waals surface area contributed by atoms with Crippen molar-refractivity contribution in [1.82, 2.24) is 10.2 Å². The van der Waals surface area contributed by atoms with Crippen molar-refractivity contribution in [3.05, 3.63) is 29.6 Å². The molecule has 0 bridgehead atoms. The van der Waals surface area contributed by atoms with Crippen molar-refractivity contribution in [3.8, 4) is 0 Å². The molecule has 0 spiro atoms. The third-order valence-corrected chi connectivity index (χ3v) is 5.40. The fraction of sp³-hybridized carbons (Fsp3) is 0.600. The van der Waals surface area contributed by atoms with Gasteiger partial charge in [-0.25, -0.2) is 9.18 Å². The Hall–Kier alpha value is -2.15. The fourth-order valence-electron chi connectivity index (χ4n) is 3.87. The van der Waals surface area contributed by atoms with Crippen LogP contribution in [0.2, 0.25) is 0 Å². The highest BCUT2D eigenvalue weighted by Gasteiger charge is 2.25. The van der Waals surface area contributed by atoms with E-state index >= 15 is 0 Å². The lowest BCUT2D eigenvalue weighted by molar-refractivity contribution is -0.139. The van der Waals surface area contributed by atoms with E-state index < -0.39 is 23.7 Å². The Morgan fingerprint density at radius 1 is 1.04 bits per heavy atom. The van der Waals surface area contributed by atoms with Gasteiger partial charge in [-0.2, -0.15) is 0 Å². The maximum absolute atomic E-state index is 14.5. The molecule has 1 aromatic carbocycles. The minimum Gasteiger partial charge on any atom is -0.480 e. The summed E-state index contributed by atoms with van der Waals surface area (Å²) in [5.74, 6) is -2.06. The number of aliphatic carboxylic acids is 1. The lowest BCUT2D eigenvalue weighted by Gasteiger charge is -2.29. The van der Waals surface area contributed by atoms with Crippen molar-refractivity contribution >= 4 is 17.6 Å². The molecular formula is C20H28FN3O3. The van der Waals surface area contributed by atoms with Crippen LogP contribution in [0.25, 0.3) is 0 Å². The van der Waals surface area contributed by atoms with E-state index in [0.717, 1.165) is 64.7 Å². The summed E-state index contributed by atoms with van der Waals surface area (Å²) in [6.45, 7) is 3.60. The van der Waals surface area contributed by atoms with E-state index in [-0.39, 0.29) is 12.1 Å². The second-order valence-corrected chi connectivity index (χ2v) is 7.44. The van der Waals surface area contributed by atoms with E-state index in [9.17, 15) is 19.1 Å². The van der Waals surface area contributed by atoms with E-state index in [0.29, 0.717) is 5.69 Å². The molecule has 1 atom stereocenters. The minimum absolute atomic E-state index is 0.151. The molecule has 1 unspecified atom stereocenters. The fourth-order valence-corrected chi connectivity index (χ4v) is 3.87. The summed E-state index contributed by atoms with van der Waals surface area (Å²) in [6.07, 6.45) is 6.49. The number of anilines is 1. The Balaban J connectivity index is 1.64. The average molecular weight is 377 g/mol. The van der Waals surface area contributed by atoms with Crippen LogP contribution in [0, 0.1) is 5.82 Å². The number of carboxylic acid groups (broad SMARTS) is 1. The normalized spacial score (nSPS) is 19.5. The predicted molar refractivity (Wildman–Crippen MR) is 102 cm³/mol. The number of carboxylic acids is 1. The molecule has 7 heteroatoms. The third kappa shape index (κ3) is 5.19. The molecular weight excluding hydrogens is 349 g/mol. The highest BCUT2D eigenvalue weighted by molar-refractivity contribution is 5.97. The molecule has 0 aliphatic carbocycles. The molecule has 1 amide bonds. The van der Waals surface area contributed by atoms with Gasteiger partial charge in [-0.3, -0.25) is 4.79 Å². The number of nitrogens with zero attached hydrogens (tertiary/aromatic N) is 2. The molecule has 0 saturated carbocycles. The van der Waals surface area contributed by atoms with Crippen LogP contribution < -0.4 is 10.2 Å². The average Bonchev–Trinajstić information content (AvgIpc) is 2.68. The monoisotopic (exact) mass is 377 g/mol. The van der Waals surface area contributed by atoms with Gasteiger partial charge >= 0.3 is 5.97 Å². The van der Waals surface area contributed by atoms with Crippen LogP contribution in [0.3, 0.4) is 0 Å². The Labute approximate surface area is 159 Å². The molecule has 148 valence electrons. The second-order valence-electron chi connectivity index (χ2n) is 7.44. The highest BCUT2D eigenvalue weighted by atomic mass is 19.1. The number of rotatable bonds is 6. The van der Waals surface area contributed by atoms with Crippen LogP contribution in [-0.4, -0.2) is 60.6 Å². The Morgan fingerprint density at radius 3 is 2.26 bits per heavy atom. The lowest BCUT2D eigenvalue weighted by atomic mass is 10.1. The van der Waals surface area contributed by atoms with E-state index in [1.54, 1.807) is 12.1 Å². The Bertz CT molecular complexity index is 670. The summed E-state index contributed by atoms with van der Waals surface area (Å²) in [5, 5.41) is 12.0. The van der Waals surface area contributed by atoms with E-state index in [1.807, 2.05) is 4.90 Å². The molecule has 1 aromatic rings. The number of benzene rings is 1. The van der Waals surface area contributed by atoms with Gasteiger partial charge in [0.25, 0.3) is 5.91 Å². The molecule has 0 radical (unpaired) electrons. The highest BCUT2D eigenvalue weighted by Crippen LogP contribution is 2.24. The molecule has 2 aliphatic rings. The van der Waals surface area contributed by atoms with Gasteiger partial charge < -0.3 is 20.2 Å². The number of amides is 1. The first-order valence-electron chi connectivity index (χ1n) is 9.85. The Kier molecular flexibility index (Phi) is 6.66. The summed E-state index contributed by atoms with van der Waals surface area (Å²) in [4.78, 5) is 28.1. The second kappa shape index (κ2) is 9.17. The number of carbonyl (C=O) groups excluding carboxylic acids is 1. The van der Waals surface area contributed by atoms with Gasteiger partial charge in [0.15, 0.2) is 0 Å². The number of carbonyl (C=O) groups is 2. The summed E-state index contributed by atoms with van der Waals surface area (Å²) >= 11 is 0. The first-order valence-corrected chi connectivity index (χ1v) is 9.85. The van der Waals surface area contributed by atoms with Crippen molar-refractivity contribution in [2.75, 3.05) is 37.6 Å². The zero-order valence-corrected chi connectivity index (χ0v) is 15.6. The number of piperidine rings is 2. The summed E-state index contributed by atoms with van der Waals surface area (Å²) in [6, 6.07) is 3.40. The third-order valence-electron chi connectivity index (χ3n) is 5.40. The van der Waals surface area contributed by atoms with Gasteiger partial charge in [0.1, 0.15) is 11.9 Å². The molecule has 0 aromatic heterocycles. The van der Waals surface area contributed by atoms with Gasteiger partial charge in [-0.15, -0.1) is 0 Å². The van der Waals surface area contributed by atoms with E-state index in [2.05, 4.69) is 10.2 Å². The molecule has 27 heavy (non-hydrogen) atoms. The van der Waals surface area contributed by atoms with Crippen LogP contribution in [0.1, 0.15) is 48.9 Å². The zero-order chi connectivity index (χ0) is 19.2. The summed E-state index contributed by atoms with van der Waals surface area (Å²) in [7, 11) is 0. The van der Waals surface area contributed by atoms with Crippen molar-refractivity contribution in [2.45, 2.75) is 44.6 Å². The van der Waals surface area contributed by atoms with Crippen molar-refractivity contribution < 1.29 is 19.1 Å². The maximum atomic E-state index is 14.5. The predicted octanol–water partition coefficient (Wildman–Crippen LogP) is 2.48. The standard InChI is InChI=1S/C20H28FN3O3/c21-16-13-15(7-8-18(16)24-11-5-2-6-12-24)19(25)22-17(20(26)27)14-23-9-3-1-4-10-23/h7-8,13,17H,1-6,9-12,14H2,(H,22,25)(H,26,27). The number of halogens is 1. The van der Waals surface area contributed by atoms with E-state index in [1.165, 1.54) is 6.07 Å². The SMILES string of the molecule is O=C(NC(CN1CCCCC1)C(=O)O)c1ccc(N2CCCCC2)c(F)c1. The van der Waals surface area contributed by atoms with Crippen LogP contribution in [0.4, 0.5) is 10.1 Å². The maximum Gasteiger partial charge on any atom is 0.327 e. The van der Waals surface area contributed by atoms with Gasteiger partial charge in [-0.05, 0) is 63.4 Å². The Morgan fingerprint density at radius 2 is 1.67 bits per heavy atom. The van der Waals surface area contributed by atoms with Crippen molar-refractivity contribution in [1.29, 1.82) is 0 Å². The van der Waals surface area contributed by atoms with Crippen molar-refractivity contribution in [2.24, 2.45) is 0 Å². The quantitative estimate of drug-likeness (QED) is 0.797. The van der Waals surface area contributed by atoms with Crippen LogP contribution in [0.5, 0.6) is 0 Å². The molecule has 6 nitrogen and oxygen atoms in total. The van der Waals surface area contributed by atoms with Crippen LogP contribution in [0.15, 0.2) is 18.2 Å². The number of likely N-dealkylation sites (tertiary alicyclic amines) is 1. The number of hydrogen-bond donors (Lipinski definition) is 2. The van der Waals surface area contributed by atoms with Gasteiger partial charge in [0.05, 0.1) is 5.69 Å². The number of hydrogen-bond acceptors (Lipinski definition) is 4. The van der Waals surface area contributed by atoms with Crippen LogP contribution >= 0.6 is 0 Å². The molecule has 2 saturated heterocycles. The molecule has 2 N–H and O–H groups in total.